The van der Waals surface area contributed by atoms with Gasteiger partial charge in [0.2, 0.25) is 0 Å². The van der Waals surface area contributed by atoms with Crippen LogP contribution in [0.5, 0.6) is 0 Å². The van der Waals surface area contributed by atoms with E-state index in [2.05, 4.69) is 29.2 Å². The van der Waals surface area contributed by atoms with Crippen molar-refractivity contribution in [3.8, 4) is 0 Å². The van der Waals surface area contributed by atoms with Gasteiger partial charge >= 0.3 is 6.09 Å². The molecule has 1 saturated heterocycles. The van der Waals surface area contributed by atoms with Crippen molar-refractivity contribution in [3.05, 3.63) is 35.9 Å². The van der Waals surface area contributed by atoms with Crippen LogP contribution >= 0.6 is 0 Å². The van der Waals surface area contributed by atoms with E-state index in [1.165, 1.54) is 5.56 Å². The maximum atomic E-state index is 12.5. The first-order valence-corrected chi connectivity index (χ1v) is 8.64. The van der Waals surface area contributed by atoms with Gasteiger partial charge in [-0.25, -0.2) is 4.79 Å². The first-order chi connectivity index (χ1) is 11.4. The molecule has 24 heavy (non-hydrogen) atoms. The summed E-state index contributed by atoms with van der Waals surface area (Å²) >= 11 is 0. The fourth-order valence-electron chi connectivity index (χ4n) is 2.97. The molecule has 0 radical (unpaired) electrons. The largest absolute Gasteiger partial charge is 0.444 e. The topological polar surface area (TPSA) is 42.0 Å². The normalized spacial score (nSPS) is 19.3. The summed E-state index contributed by atoms with van der Waals surface area (Å²) in [5.74, 6) is 0. The molecular weight excluding hydrogens is 304 g/mol. The van der Waals surface area contributed by atoms with Crippen LogP contribution in [0.25, 0.3) is 0 Å². The Morgan fingerprint density at radius 1 is 1.21 bits per heavy atom. The SMILES string of the molecule is COCC[C@H]1CN(Cc2ccccc2)CCN1C(=O)OC(C)(C)C. The fourth-order valence-corrected chi connectivity index (χ4v) is 2.97. The number of rotatable bonds is 5. The summed E-state index contributed by atoms with van der Waals surface area (Å²) in [7, 11) is 1.70. The molecule has 1 aliphatic rings. The lowest BCUT2D eigenvalue weighted by Gasteiger charge is -2.41. The zero-order valence-electron chi connectivity index (χ0n) is 15.3. The van der Waals surface area contributed by atoms with E-state index < -0.39 is 5.60 Å². The number of hydrogen-bond acceptors (Lipinski definition) is 4. The molecule has 1 fully saturated rings. The average molecular weight is 334 g/mol. The molecule has 2 rings (SSSR count). The van der Waals surface area contributed by atoms with Gasteiger partial charge in [0.05, 0.1) is 0 Å². The van der Waals surface area contributed by atoms with E-state index >= 15 is 0 Å². The fraction of sp³-hybridized carbons (Fsp3) is 0.632. The van der Waals surface area contributed by atoms with Crippen molar-refractivity contribution < 1.29 is 14.3 Å². The first-order valence-electron chi connectivity index (χ1n) is 8.64. The third kappa shape index (κ3) is 5.80. The monoisotopic (exact) mass is 334 g/mol. The molecule has 1 atom stereocenters. The van der Waals surface area contributed by atoms with E-state index in [0.717, 1.165) is 26.1 Å². The molecule has 0 spiro atoms. The molecular formula is C19H30N2O3. The minimum atomic E-state index is -0.468. The second kappa shape index (κ2) is 8.49. The third-order valence-electron chi connectivity index (χ3n) is 4.10. The molecule has 0 N–H and O–H groups in total. The molecule has 1 aromatic rings. The molecule has 0 aromatic heterocycles. The Hall–Kier alpha value is -1.59. The van der Waals surface area contributed by atoms with Crippen LogP contribution < -0.4 is 0 Å². The summed E-state index contributed by atoms with van der Waals surface area (Å²) in [6.07, 6.45) is 0.601. The van der Waals surface area contributed by atoms with Crippen molar-refractivity contribution >= 4 is 6.09 Å². The highest BCUT2D eigenvalue weighted by Crippen LogP contribution is 2.19. The van der Waals surface area contributed by atoms with Crippen LogP contribution in [0.3, 0.4) is 0 Å². The molecule has 5 heteroatoms. The number of piperazine rings is 1. The highest BCUT2D eigenvalue weighted by Gasteiger charge is 2.33. The van der Waals surface area contributed by atoms with Crippen LogP contribution in [-0.4, -0.2) is 60.9 Å². The number of carbonyl (C=O) groups excluding carboxylic acids is 1. The lowest BCUT2D eigenvalue weighted by Crippen LogP contribution is -2.56. The predicted octanol–water partition coefficient (Wildman–Crippen LogP) is 3.14. The van der Waals surface area contributed by atoms with Crippen molar-refractivity contribution in [3.63, 3.8) is 0 Å². The van der Waals surface area contributed by atoms with Crippen LogP contribution in [0.4, 0.5) is 4.79 Å². The molecule has 0 unspecified atom stereocenters. The number of amides is 1. The molecule has 0 aliphatic carbocycles. The lowest BCUT2D eigenvalue weighted by molar-refractivity contribution is -0.00740. The van der Waals surface area contributed by atoms with Gasteiger partial charge in [0.25, 0.3) is 0 Å². The van der Waals surface area contributed by atoms with Crippen molar-refractivity contribution in [2.75, 3.05) is 33.4 Å². The summed E-state index contributed by atoms with van der Waals surface area (Å²) < 4.78 is 10.8. The van der Waals surface area contributed by atoms with Gasteiger partial charge in [0.1, 0.15) is 5.60 Å². The summed E-state index contributed by atoms with van der Waals surface area (Å²) in [5.41, 5.74) is 0.832. The van der Waals surface area contributed by atoms with Crippen LogP contribution in [0.15, 0.2) is 30.3 Å². The molecule has 1 heterocycles. The zero-order valence-corrected chi connectivity index (χ0v) is 15.3. The number of ether oxygens (including phenoxy) is 2. The quantitative estimate of drug-likeness (QED) is 0.829. The van der Waals surface area contributed by atoms with Gasteiger partial charge in [0.15, 0.2) is 0 Å². The Bertz CT molecular complexity index is 513. The second-order valence-corrected chi connectivity index (χ2v) is 7.33. The minimum Gasteiger partial charge on any atom is -0.444 e. The third-order valence-corrected chi connectivity index (χ3v) is 4.10. The van der Waals surface area contributed by atoms with Crippen LogP contribution in [0.1, 0.15) is 32.8 Å². The molecule has 1 aromatic carbocycles. The Labute approximate surface area is 145 Å². The van der Waals surface area contributed by atoms with Gasteiger partial charge in [-0.3, -0.25) is 4.90 Å². The summed E-state index contributed by atoms with van der Waals surface area (Å²) in [6, 6.07) is 10.6. The van der Waals surface area contributed by atoms with Crippen LogP contribution in [0.2, 0.25) is 0 Å². The highest BCUT2D eigenvalue weighted by atomic mass is 16.6. The van der Waals surface area contributed by atoms with Crippen LogP contribution in [0, 0.1) is 0 Å². The molecule has 0 bridgehead atoms. The zero-order chi connectivity index (χ0) is 17.6. The van der Waals surface area contributed by atoms with Gasteiger partial charge in [-0.15, -0.1) is 0 Å². The maximum absolute atomic E-state index is 12.5. The van der Waals surface area contributed by atoms with Crippen LogP contribution in [-0.2, 0) is 16.0 Å². The number of methoxy groups -OCH3 is 1. The smallest absolute Gasteiger partial charge is 0.410 e. The van der Waals surface area contributed by atoms with E-state index in [-0.39, 0.29) is 12.1 Å². The summed E-state index contributed by atoms with van der Waals surface area (Å²) in [4.78, 5) is 16.8. The van der Waals surface area contributed by atoms with Gasteiger partial charge in [-0.1, -0.05) is 30.3 Å². The Morgan fingerprint density at radius 2 is 1.92 bits per heavy atom. The minimum absolute atomic E-state index is 0.122. The summed E-state index contributed by atoms with van der Waals surface area (Å²) in [5, 5.41) is 0. The van der Waals surface area contributed by atoms with E-state index in [4.69, 9.17) is 9.47 Å². The average Bonchev–Trinajstić information content (AvgIpc) is 2.52. The highest BCUT2D eigenvalue weighted by molar-refractivity contribution is 5.68. The second-order valence-electron chi connectivity index (χ2n) is 7.33. The van der Waals surface area contributed by atoms with E-state index in [1.807, 2.05) is 31.7 Å². The van der Waals surface area contributed by atoms with Crippen molar-refractivity contribution in [2.45, 2.75) is 45.4 Å². The molecule has 1 aliphatic heterocycles. The first kappa shape index (κ1) is 18.7. The maximum Gasteiger partial charge on any atom is 0.410 e. The summed E-state index contributed by atoms with van der Waals surface area (Å²) in [6.45, 7) is 9.66. The Morgan fingerprint density at radius 3 is 2.54 bits per heavy atom. The van der Waals surface area contributed by atoms with Gasteiger partial charge < -0.3 is 14.4 Å². The van der Waals surface area contributed by atoms with Crippen molar-refractivity contribution in [2.24, 2.45) is 0 Å². The lowest BCUT2D eigenvalue weighted by atomic mass is 10.1. The van der Waals surface area contributed by atoms with Gasteiger partial charge in [0, 0.05) is 45.9 Å². The molecule has 1 amide bonds. The van der Waals surface area contributed by atoms with Gasteiger partial charge in [-0.05, 0) is 32.8 Å². The molecule has 5 nitrogen and oxygen atoms in total. The standard InChI is InChI=1S/C19H30N2O3/c1-19(2,3)24-18(22)21-12-11-20(15-17(21)10-13-23-4)14-16-8-6-5-7-9-16/h5-9,17H,10-15H2,1-4H3/t17-/m0/s1. The number of benzene rings is 1. The van der Waals surface area contributed by atoms with E-state index in [9.17, 15) is 4.79 Å². The molecule has 0 saturated carbocycles. The Kier molecular flexibility index (Phi) is 6.63. The number of carbonyl (C=O) groups is 1. The van der Waals surface area contributed by atoms with E-state index in [0.29, 0.717) is 13.2 Å². The van der Waals surface area contributed by atoms with Crippen molar-refractivity contribution in [1.29, 1.82) is 0 Å². The molecule has 134 valence electrons. The predicted molar refractivity (Wildman–Crippen MR) is 94.9 cm³/mol. The number of hydrogen-bond donors (Lipinski definition) is 0. The van der Waals surface area contributed by atoms with E-state index in [1.54, 1.807) is 7.11 Å². The number of nitrogens with zero attached hydrogens (tertiary/aromatic N) is 2. The van der Waals surface area contributed by atoms with Crippen molar-refractivity contribution in [1.82, 2.24) is 9.80 Å². The van der Waals surface area contributed by atoms with Gasteiger partial charge in [-0.2, -0.15) is 0 Å². The Balaban J connectivity index is 1.99.